The Bertz CT molecular complexity index is 500. The number of rotatable bonds is 4. The third-order valence-electron chi connectivity index (χ3n) is 3.45. The van der Waals surface area contributed by atoms with E-state index in [9.17, 15) is 0 Å². The summed E-state index contributed by atoms with van der Waals surface area (Å²) in [6.45, 7) is 2.48. The fourth-order valence-electron chi connectivity index (χ4n) is 2.38. The van der Waals surface area contributed by atoms with Crippen molar-refractivity contribution in [1.29, 1.82) is 0 Å². The molecule has 1 unspecified atom stereocenters. The Labute approximate surface area is 113 Å². The van der Waals surface area contributed by atoms with Gasteiger partial charge in [-0.25, -0.2) is 0 Å². The summed E-state index contributed by atoms with van der Waals surface area (Å²) in [7, 11) is 0. The van der Waals surface area contributed by atoms with Gasteiger partial charge in [-0.1, -0.05) is 30.3 Å². The van der Waals surface area contributed by atoms with Crippen LogP contribution in [0.5, 0.6) is 0 Å². The van der Waals surface area contributed by atoms with Crippen molar-refractivity contribution in [3.8, 4) is 11.3 Å². The molecule has 2 aromatic rings. The van der Waals surface area contributed by atoms with Gasteiger partial charge in [-0.3, -0.25) is 0 Å². The molecule has 3 rings (SSSR count). The molecule has 0 spiro atoms. The van der Waals surface area contributed by atoms with E-state index in [1.165, 1.54) is 6.42 Å². The molecule has 0 amide bonds. The molecule has 1 fully saturated rings. The Balaban J connectivity index is 1.59. The van der Waals surface area contributed by atoms with Crippen LogP contribution < -0.4 is 5.32 Å². The quantitative estimate of drug-likeness (QED) is 0.913. The number of hydrogen-bond donors (Lipinski definition) is 1. The third-order valence-corrected chi connectivity index (χ3v) is 3.45. The van der Waals surface area contributed by atoms with Gasteiger partial charge < -0.3 is 14.5 Å². The molecule has 1 N–H and O–H groups in total. The molecule has 1 atom stereocenters. The second-order valence-corrected chi connectivity index (χ2v) is 4.93. The van der Waals surface area contributed by atoms with Gasteiger partial charge in [-0.15, -0.1) is 0 Å². The molecule has 1 aromatic heterocycles. The van der Waals surface area contributed by atoms with Gasteiger partial charge in [0.25, 0.3) is 0 Å². The van der Waals surface area contributed by atoms with E-state index in [1.54, 1.807) is 0 Å². The van der Waals surface area contributed by atoms with Crippen LogP contribution in [0, 0.1) is 0 Å². The highest BCUT2D eigenvalue weighted by Crippen LogP contribution is 2.21. The van der Waals surface area contributed by atoms with Crippen molar-refractivity contribution < 1.29 is 9.15 Å². The summed E-state index contributed by atoms with van der Waals surface area (Å²) in [5.41, 5.74) is 1.12. The second-order valence-electron chi connectivity index (χ2n) is 4.93. The third kappa shape index (κ3) is 3.25. The smallest absolute Gasteiger partial charge is 0.134 e. The summed E-state index contributed by atoms with van der Waals surface area (Å²) < 4.78 is 11.3. The van der Waals surface area contributed by atoms with Gasteiger partial charge in [0, 0.05) is 18.2 Å². The van der Waals surface area contributed by atoms with E-state index < -0.39 is 0 Å². The predicted molar refractivity (Wildman–Crippen MR) is 74.8 cm³/mol. The maximum absolute atomic E-state index is 5.86. The monoisotopic (exact) mass is 257 g/mol. The first-order valence-electron chi connectivity index (χ1n) is 6.87. The predicted octanol–water partition coefficient (Wildman–Crippen LogP) is 3.22. The summed E-state index contributed by atoms with van der Waals surface area (Å²) in [6.07, 6.45) is 2.33. The molecule has 1 aliphatic heterocycles. The lowest BCUT2D eigenvalue weighted by molar-refractivity contribution is 0.0693. The fourth-order valence-corrected chi connectivity index (χ4v) is 2.38. The van der Waals surface area contributed by atoms with Crippen LogP contribution in [0.4, 0.5) is 0 Å². The largest absolute Gasteiger partial charge is 0.460 e. The average molecular weight is 257 g/mol. The first-order chi connectivity index (χ1) is 9.42. The molecule has 3 heteroatoms. The molecule has 1 aliphatic rings. The first kappa shape index (κ1) is 12.5. The zero-order chi connectivity index (χ0) is 12.9. The second kappa shape index (κ2) is 6.04. The van der Waals surface area contributed by atoms with E-state index in [1.807, 2.05) is 30.3 Å². The standard InChI is InChI=1S/C16H19NO2/c1-2-5-13(6-3-1)16-9-8-15(19-16)11-17-14-7-4-10-18-12-14/h1-3,5-6,8-9,14,17H,4,7,10-12H2. The maximum Gasteiger partial charge on any atom is 0.134 e. The van der Waals surface area contributed by atoms with Crippen LogP contribution in [0.15, 0.2) is 46.9 Å². The summed E-state index contributed by atoms with van der Waals surface area (Å²) in [5, 5.41) is 3.48. The lowest BCUT2D eigenvalue weighted by Crippen LogP contribution is -2.36. The zero-order valence-corrected chi connectivity index (χ0v) is 11.0. The summed E-state index contributed by atoms with van der Waals surface area (Å²) >= 11 is 0. The van der Waals surface area contributed by atoms with Crippen LogP contribution in [-0.4, -0.2) is 19.3 Å². The molecule has 1 aromatic carbocycles. The van der Waals surface area contributed by atoms with Gasteiger partial charge in [0.05, 0.1) is 13.2 Å². The van der Waals surface area contributed by atoms with Crippen LogP contribution in [-0.2, 0) is 11.3 Å². The lowest BCUT2D eigenvalue weighted by atomic mass is 10.1. The highest BCUT2D eigenvalue weighted by molar-refractivity contribution is 5.57. The molecule has 0 bridgehead atoms. The van der Waals surface area contributed by atoms with Gasteiger partial charge in [0.15, 0.2) is 0 Å². The van der Waals surface area contributed by atoms with E-state index in [0.29, 0.717) is 6.04 Å². The zero-order valence-electron chi connectivity index (χ0n) is 11.0. The normalized spacial score (nSPS) is 19.5. The molecule has 2 heterocycles. The topological polar surface area (TPSA) is 34.4 Å². The van der Waals surface area contributed by atoms with Crippen LogP contribution in [0.1, 0.15) is 18.6 Å². The fraction of sp³-hybridized carbons (Fsp3) is 0.375. The summed E-state index contributed by atoms with van der Waals surface area (Å²) in [5.74, 6) is 1.90. The highest BCUT2D eigenvalue weighted by atomic mass is 16.5. The van der Waals surface area contributed by atoms with Gasteiger partial charge in [0.1, 0.15) is 11.5 Å². The van der Waals surface area contributed by atoms with E-state index >= 15 is 0 Å². The number of nitrogens with one attached hydrogen (secondary N) is 1. The molecule has 1 saturated heterocycles. The maximum atomic E-state index is 5.86. The van der Waals surface area contributed by atoms with Gasteiger partial charge in [-0.05, 0) is 25.0 Å². The van der Waals surface area contributed by atoms with Crippen molar-refractivity contribution in [2.45, 2.75) is 25.4 Å². The summed E-state index contributed by atoms with van der Waals surface area (Å²) in [4.78, 5) is 0. The van der Waals surface area contributed by atoms with Crippen molar-refractivity contribution in [3.05, 3.63) is 48.2 Å². The average Bonchev–Trinajstić information content (AvgIpc) is 2.96. The van der Waals surface area contributed by atoms with E-state index in [0.717, 1.165) is 43.3 Å². The molecular weight excluding hydrogens is 238 g/mol. The van der Waals surface area contributed by atoms with Crippen LogP contribution in [0.3, 0.4) is 0 Å². The summed E-state index contributed by atoms with van der Waals surface area (Å²) in [6, 6.07) is 14.7. The Morgan fingerprint density at radius 1 is 1.11 bits per heavy atom. The van der Waals surface area contributed by atoms with E-state index in [4.69, 9.17) is 9.15 Å². The Morgan fingerprint density at radius 2 is 2.00 bits per heavy atom. The number of ether oxygens (including phenoxy) is 1. The van der Waals surface area contributed by atoms with E-state index in [-0.39, 0.29) is 0 Å². The SMILES string of the molecule is c1ccc(-c2ccc(CNC3CCCOC3)o2)cc1. The minimum atomic E-state index is 0.457. The minimum Gasteiger partial charge on any atom is -0.460 e. The van der Waals surface area contributed by atoms with Gasteiger partial charge in [-0.2, -0.15) is 0 Å². The number of hydrogen-bond acceptors (Lipinski definition) is 3. The lowest BCUT2D eigenvalue weighted by Gasteiger charge is -2.22. The number of benzene rings is 1. The molecule has 19 heavy (non-hydrogen) atoms. The Hall–Kier alpha value is -1.58. The highest BCUT2D eigenvalue weighted by Gasteiger charge is 2.13. The van der Waals surface area contributed by atoms with E-state index in [2.05, 4.69) is 17.4 Å². The molecular formula is C16H19NO2. The van der Waals surface area contributed by atoms with Crippen LogP contribution in [0.2, 0.25) is 0 Å². The van der Waals surface area contributed by atoms with Crippen LogP contribution >= 0.6 is 0 Å². The van der Waals surface area contributed by atoms with Crippen molar-refractivity contribution in [2.75, 3.05) is 13.2 Å². The minimum absolute atomic E-state index is 0.457. The molecule has 0 saturated carbocycles. The molecule has 0 radical (unpaired) electrons. The Kier molecular flexibility index (Phi) is 3.96. The van der Waals surface area contributed by atoms with Gasteiger partial charge >= 0.3 is 0 Å². The van der Waals surface area contributed by atoms with Crippen molar-refractivity contribution >= 4 is 0 Å². The number of furan rings is 1. The Morgan fingerprint density at radius 3 is 2.79 bits per heavy atom. The van der Waals surface area contributed by atoms with Gasteiger partial charge in [0.2, 0.25) is 0 Å². The molecule has 3 nitrogen and oxygen atoms in total. The molecule has 100 valence electrons. The first-order valence-corrected chi connectivity index (χ1v) is 6.87. The van der Waals surface area contributed by atoms with Crippen molar-refractivity contribution in [2.24, 2.45) is 0 Å². The molecule has 0 aliphatic carbocycles. The van der Waals surface area contributed by atoms with Crippen molar-refractivity contribution in [1.82, 2.24) is 5.32 Å². The van der Waals surface area contributed by atoms with Crippen molar-refractivity contribution in [3.63, 3.8) is 0 Å². The van der Waals surface area contributed by atoms with Crippen LogP contribution in [0.25, 0.3) is 11.3 Å².